The highest BCUT2D eigenvalue weighted by molar-refractivity contribution is 4.87. The first-order valence-electron chi connectivity index (χ1n) is 8.53. The summed E-state index contributed by atoms with van der Waals surface area (Å²) in [6.07, 6.45) is 8.15. The van der Waals surface area contributed by atoms with Crippen molar-refractivity contribution in [3.05, 3.63) is 0 Å². The van der Waals surface area contributed by atoms with Crippen LogP contribution in [-0.2, 0) is 0 Å². The first-order valence-corrected chi connectivity index (χ1v) is 8.53. The maximum atomic E-state index is 3.66. The summed E-state index contributed by atoms with van der Waals surface area (Å²) in [6.45, 7) is 12.3. The largest absolute Gasteiger partial charge is 0.314 e. The fourth-order valence-electron chi connectivity index (χ4n) is 3.15. The molecule has 19 heavy (non-hydrogen) atoms. The molecule has 1 saturated carbocycles. The molecule has 0 aromatic heterocycles. The van der Waals surface area contributed by atoms with E-state index in [4.69, 9.17) is 0 Å². The Balaban J connectivity index is 1.53. The van der Waals surface area contributed by atoms with Crippen molar-refractivity contribution in [1.82, 2.24) is 15.1 Å². The van der Waals surface area contributed by atoms with E-state index in [1.54, 1.807) is 0 Å². The molecule has 0 spiro atoms. The van der Waals surface area contributed by atoms with E-state index in [0.717, 1.165) is 12.1 Å². The Morgan fingerprint density at radius 2 is 1.84 bits per heavy atom. The third-order valence-corrected chi connectivity index (χ3v) is 4.67. The van der Waals surface area contributed by atoms with E-state index in [0.29, 0.717) is 0 Å². The van der Waals surface area contributed by atoms with Crippen LogP contribution in [0.15, 0.2) is 0 Å². The van der Waals surface area contributed by atoms with E-state index >= 15 is 0 Å². The lowest BCUT2D eigenvalue weighted by Crippen LogP contribution is -2.47. The molecule has 1 unspecified atom stereocenters. The average Bonchev–Trinajstić information content (AvgIpc) is 3.28. The van der Waals surface area contributed by atoms with Crippen LogP contribution in [0.5, 0.6) is 0 Å². The fraction of sp³-hybridized carbons (Fsp3) is 1.00. The van der Waals surface area contributed by atoms with Gasteiger partial charge in [-0.2, -0.15) is 0 Å². The maximum absolute atomic E-state index is 3.66. The molecule has 1 N–H and O–H groups in total. The quantitative estimate of drug-likeness (QED) is 0.692. The molecular formula is C16H33N3. The smallest absolute Gasteiger partial charge is 0.0113 e. The van der Waals surface area contributed by atoms with Crippen LogP contribution >= 0.6 is 0 Å². The first kappa shape index (κ1) is 15.3. The van der Waals surface area contributed by atoms with Crippen molar-refractivity contribution >= 4 is 0 Å². The van der Waals surface area contributed by atoms with Gasteiger partial charge >= 0.3 is 0 Å². The summed E-state index contributed by atoms with van der Waals surface area (Å²) in [7, 11) is 0. The van der Waals surface area contributed by atoms with Gasteiger partial charge in [0.1, 0.15) is 0 Å². The maximum Gasteiger partial charge on any atom is 0.0113 e. The number of piperazine rings is 1. The van der Waals surface area contributed by atoms with Crippen LogP contribution in [0.3, 0.4) is 0 Å². The molecule has 1 aliphatic carbocycles. The van der Waals surface area contributed by atoms with Crippen molar-refractivity contribution < 1.29 is 0 Å². The number of hydrogen-bond acceptors (Lipinski definition) is 3. The van der Waals surface area contributed by atoms with Crippen LogP contribution in [-0.4, -0.2) is 61.2 Å². The number of nitrogens with one attached hydrogen (secondary N) is 1. The minimum Gasteiger partial charge on any atom is -0.314 e. The summed E-state index contributed by atoms with van der Waals surface area (Å²) >= 11 is 0. The second-order valence-corrected chi connectivity index (χ2v) is 6.31. The Kier molecular flexibility index (Phi) is 6.62. The third kappa shape index (κ3) is 5.41. The zero-order valence-electron chi connectivity index (χ0n) is 13.0. The Hall–Kier alpha value is -0.120. The van der Waals surface area contributed by atoms with Gasteiger partial charge in [0.25, 0.3) is 0 Å². The Bertz CT molecular complexity index is 232. The zero-order chi connectivity index (χ0) is 13.5. The highest BCUT2D eigenvalue weighted by atomic mass is 15.3. The topological polar surface area (TPSA) is 18.5 Å². The zero-order valence-corrected chi connectivity index (χ0v) is 13.0. The van der Waals surface area contributed by atoms with Crippen LogP contribution in [0, 0.1) is 0 Å². The van der Waals surface area contributed by atoms with E-state index in [1.165, 1.54) is 77.8 Å². The molecular weight excluding hydrogens is 234 g/mol. The molecule has 3 heteroatoms. The van der Waals surface area contributed by atoms with Crippen molar-refractivity contribution in [2.75, 3.05) is 39.3 Å². The van der Waals surface area contributed by atoms with Crippen LogP contribution in [0.1, 0.15) is 52.4 Å². The van der Waals surface area contributed by atoms with Crippen LogP contribution in [0.25, 0.3) is 0 Å². The van der Waals surface area contributed by atoms with Gasteiger partial charge in [0.05, 0.1) is 0 Å². The molecule has 1 atom stereocenters. The van der Waals surface area contributed by atoms with E-state index < -0.39 is 0 Å². The minimum absolute atomic E-state index is 0.743. The molecule has 0 radical (unpaired) electrons. The fourth-order valence-corrected chi connectivity index (χ4v) is 3.15. The van der Waals surface area contributed by atoms with Gasteiger partial charge in [0, 0.05) is 38.3 Å². The van der Waals surface area contributed by atoms with Gasteiger partial charge in [-0.3, -0.25) is 4.90 Å². The van der Waals surface area contributed by atoms with Gasteiger partial charge in [-0.1, -0.05) is 13.8 Å². The minimum atomic E-state index is 0.743. The predicted octanol–water partition coefficient (Wildman–Crippen LogP) is 2.32. The van der Waals surface area contributed by atoms with Gasteiger partial charge in [-0.15, -0.1) is 0 Å². The number of rotatable bonds is 9. The van der Waals surface area contributed by atoms with E-state index in [1.807, 2.05) is 0 Å². The summed E-state index contributed by atoms with van der Waals surface area (Å²) in [5.41, 5.74) is 0. The van der Waals surface area contributed by atoms with E-state index in [2.05, 4.69) is 29.0 Å². The Morgan fingerprint density at radius 1 is 1.11 bits per heavy atom. The molecule has 1 aliphatic heterocycles. The second kappa shape index (κ2) is 8.23. The predicted molar refractivity (Wildman–Crippen MR) is 82.6 cm³/mol. The normalized spacial score (nSPS) is 23.7. The summed E-state index contributed by atoms with van der Waals surface area (Å²) in [4.78, 5) is 5.37. The summed E-state index contributed by atoms with van der Waals surface area (Å²) in [5, 5.41) is 3.66. The molecule has 2 aliphatic rings. The van der Waals surface area contributed by atoms with Crippen LogP contribution in [0.4, 0.5) is 0 Å². The van der Waals surface area contributed by atoms with Gasteiger partial charge in [-0.05, 0) is 51.6 Å². The van der Waals surface area contributed by atoms with Crippen molar-refractivity contribution in [3.63, 3.8) is 0 Å². The highest BCUT2D eigenvalue weighted by Crippen LogP contribution is 2.27. The lowest BCUT2D eigenvalue weighted by Gasteiger charge is -2.35. The summed E-state index contributed by atoms with van der Waals surface area (Å²) < 4.78 is 0. The van der Waals surface area contributed by atoms with Crippen LogP contribution < -0.4 is 5.32 Å². The molecule has 0 amide bonds. The van der Waals surface area contributed by atoms with Gasteiger partial charge in [-0.25, -0.2) is 0 Å². The molecule has 112 valence electrons. The van der Waals surface area contributed by atoms with Gasteiger partial charge in [0.2, 0.25) is 0 Å². The van der Waals surface area contributed by atoms with Crippen molar-refractivity contribution in [2.24, 2.45) is 0 Å². The van der Waals surface area contributed by atoms with Crippen LogP contribution in [0.2, 0.25) is 0 Å². The SMILES string of the molecule is CCCNC(CC)CCCN1CCN(C2CC2)CC1. The Morgan fingerprint density at radius 3 is 2.42 bits per heavy atom. The molecule has 0 aromatic rings. The first-order chi connectivity index (χ1) is 9.33. The molecule has 0 aromatic carbocycles. The summed E-state index contributed by atoms with van der Waals surface area (Å²) in [6, 6.07) is 1.71. The molecule has 3 nitrogen and oxygen atoms in total. The molecule has 1 heterocycles. The van der Waals surface area contributed by atoms with Crippen molar-refractivity contribution in [1.29, 1.82) is 0 Å². The Labute approximate surface area is 119 Å². The lowest BCUT2D eigenvalue weighted by molar-refractivity contribution is 0.124. The van der Waals surface area contributed by atoms with Crippen molar-refractivity contribution in [2.45, 2.75) is 64.5 Å². The monoisotopic (exact) mass is 267 g/mol. The molecule has 0 bridgehead atoms. The molecule has 2 fully saturated rings. The van der Waals surface area contributed by atoms with Gasteiger partial charge < -0.3 is 10.2 Å². The lowest BCUT2D eigenvalue weighted by atomic mass is 10.1. The number of nitrogens with zero attached hydrogens (tertiary/aromatic N) is 2. The second-order valence-electron chi connectivity index (χ2n) is 6.31. The van der Waals surface area contributed by atoms with Gasteiger partial charge in [0.15, 0.2) is 0 Å². The van der Waals surface area contributed by atoms with E-state index in [-0.39, 0.29) is 0 Å². The van der Waals surface area contributed by atoms with Crippen molar-refractivity contribution in [3.8, 4) is 0 Å². The highest BCUT2D eigenvalue weighted by Gasteiger charge is 2.30. The summed E-state index contributed by atoms with van der Waals surface area (Å²) in [5.74, 6) is 0. The van der Waals surface area contributed by atoms with E-state index in [9.17, 15) is 0 Å². The third-order valence-electron chi connectivity index (χ3n) is 4.67. The number of hydrogen-bond donors (Lipinski definition) is 1. The standard InChI is InChI=1S/C16H33N3/c1-3-9-17-15(4-2)6-5-10-18-11-13-19(14-12-18)16-7-8-16/h15-17H,3-14H2,1-2H3. The average molecular weight is 267 g/mol. The molecule has 1 saturated heterocycles. The molecule has 2 rings (SSSR count).